The molecule has 0 atom stereocenters. The average molecular weight is 262 g/mol. The second-order valence-corrected chi connectivity index (χ2v) is 5.90. The summed E-state index contributed by atoms with van der Waals surface area (Å²) in [6.07, 6.45) is 2.07. The molecular formula is C17H26O2. The first-order valence-electron chi connectivity index (χ1n) is 7.23. The standard InChI is InChI=1S/C17H26O2/c1-6-19-17(18)15-8-7-14(9-12(2)3)16(11-15)10-13(4)5/h7-8,11-13H,6,9-10H2,1-5H3. The average Bonchev–Trinajstić information content (AvgIpc) is 2.30. The van der Waals surface area contributed by atoms with E-state index in [4.69, 9.17) is 4.74 Å². The van der Waals surface area contributed by atoms with E-state index in [1.165, 1.54) is 11.1 Å². The van der Waals surface area contributed by atoms with Gasteiger partial charge in [-0.25, -0.2) is 4.79 Å². The molecule has 0 fully saturated rings. The van der Waals surface area contributed by atoms with E-state index in [-0.39, 0.29) is 5.97 Å². The Bertz CT molecular complexity index is 419. The Kier molecular flexibility index (Phi) is 6.07. The molecule has 0 heterocycles. The summed E-state index contributed by atoms with van der Waals surface area (Å²) in [5, 5.41) is 0. The van der Waals surface area contributed by atoms with E-state index < -0.39 is 0 Å². The number of benzene rings is 1. The van der Waals surface area contributed by atoms with Crippen LogP contribution >= 0.6 is 0 Å². The fourth-order valence-corrected chi connectivity index (χ4v) is 2.24. The molecule has 0 N–H and O–H groups in total. The van der Waals surface area contributed by atoms with Gasteiger partial charge in [-0.05, 0) is 54.9 Å². The number of hydrogen-bond acceptors (Lipinski definition) is 2. The Balaban J connectivity index is 3.03. The molecule has 0 unspecified atom stereocenters. The summed E-state index contributed by atoms with van der Waals surface area (Å²) in [5.74, 6) is 0.992. The zero-order valence-corrected chi connectivity index (χ0v) is 12.8. The zero-order valence-electron chi connectivity index (χ0n) is 12.8. The predicted octanol–water partition coefficient (Wildman–Crippen LogP) is 4.26. The summed E-state index contributed by atoms with van der Waals surface area (Å²) in [6.45, 7) is 11.1. The predicted molar refractivity (Wildman–Crippen MR) is 79.5 cm³/mol. The lowest BCUT2D eigenvalue weighted by molar-refractivity contribution is 0.0526. The number of ether oxygens (including phenoxy) is 1. The molecule has 1 aromatic rings. The van der Waals surface area contributed by atoms with Crippen molar-refractivity contribution >= 4 is 5.97 Å². The largest absolute Gasteiger partial charge is 0.462 e. The molecule has 0 aromatic heterocycles. The highest BCUT2D eigenvalue weighted by Crippen LogP contribution is 2.20. The van der Waals surface area contributed by atoms with Crippen molar-refractivity contribution in [2.45, 2.75) is 47.5 Å². The Morgan fingerprint density at radius 2 is 1.63 bits per heavy atom. The fraction of sp³-hybridized carbons (Fsp3) is 0.588. The lowest BCUT2D eigenvalue weighted by Gasteiger charge is -2.15. The van der Waals surface area contributed by atoms with Gasteiger partial charge in [-0.1, -0.05) is 33.8 Å². The molecule has 0 aliphatic carbocycles. The summed E-state index contributed by atoms with van der Waals surface area (Å²) in [6, 6.07) is 5.99. The summed E-state index contributed by atoms with van der Waals surface area (Å²) < 4.78 is 5.07. The second-order valence-electron chi connectivity index (χ2n) is 5.90. The Hall–Kier alpha value is -1.31. The van der Waals surface area contributed by atoms with Gasteiger partial charge >= 0.3 is 5.97 Å². The van der Waals surface area contributed by atoms with Crippen molar-refractivity contribution in [3.8, 4) is 0 Å². The molecule has 0 aliphatic rings. The molecule has 1 aromatic carbocycles. The topological polar surface area (TPSA) is 26.3 Å². The lowest BCUT2D eigenvalue weighted by atomic mass is 9.91. The van der Waals surface area contributed by atoms with Gasteiger partial charge in [0, 0.05) is 0 Å². The van der Waals surface area contributed by atoms with Crippen molar-refractivity contribution in [3.05, 3.63) is 34.9 Å². The Labute approximate surface area is 117 Å². The normalized spacial score (nSPS) is 11.1. The van der Waals surface area contributed by atoms with Crippen LogP contribution in [0.25, 0.3) is 0 Å². The summed E-state index contributed by atoms with van der Waals surface area (Å²) in [4.78, 5) is 11.8. The van der Waals surface area contributed by atoms with Crippen LogP contribution in [0.5, 0.6) is 0 Å². The highest BCUT2D eigenvalue weighted by atomic mass is 16.5. The van der Waals surface area contributed by atoms with E-state index in [1.54, 1.807) is 0 Å². The van der Waals surface area contributed by atoms with E-state index in [2.05, 4.69) is 33.8 Å². The van der Waals surface area contributed by atoms with Gasteiger partial charge in [0.15, 0.2) is 0 Å². The number of carbonyl (C=O) groups excluding carboxylic acids is 1. The van der Waals surface area contributed by atoms with Crippen LogP contribution in [0.3, 0.4) is 0 Å². The van der Waals surface area contributed by atoms with E-state index in [1.807, 2.05) is 19.1 Å². The first-order chi connectivity index (χ1) is 8.93. The van der Waals surface area contributed by atoms with Gasteiger partial charge < -0.3 is 4.74 Å². The molecule has 106 valence electrons. The molecule has 0 amide bonds. The van der Waals surface area contributed by atoms with Crippen LogP contribution in [0.1, 0.15) is 56.1 Å². The quantitative estimate of drug-likeness (QED) is 0.716. The maximum Gasteiger partial charge on any atom is 0.338 e. The van der Waals surface area contributed by atoms with Crippen LogP contribution in [0.15, 0.2) is 18.2 Å². The van der Waals surface area contributed by atoms with Gasteiger partial charge in [0.05, 0.1) is 12.2 Å². The monoisotopic (exact) mass is 262 g/mol. The minimum atomic E-state index is -0.219. The minimum absolute atomic E-state index is 0.219. The third-order valence-corrected chi connectivity index (χ3v) is 2.97. The third-order valence-electron chi connectivity index (χ3n) is 2.97. The summed E-state index contributed by atoms with van der Waals surface area (Å²) >= 11 is 0. The van der Waals surface area contributed by atoms with Crippen LogP contribution < -0.4 is 0 Å². The van der Waals surface area contributed by atoms with Crippen LogP contribution in [-0.4, -0.2) is 12.6 Å². The molecule has 19 heavy (non-hydrogen) atoms. The van der Waals surface area contributed by atoms with Gasteiger partial charge in [-0.3, -0.25) is 0 Å². The SMILES string of the molecule is CCOC(=O)c1ccc(CC(C)C)c(CC(C)C)c1. The van der Waals surface area contributed by atoms with Crippen LogP contribution in [-0.2, 0) is 17.6 Å². The Morgan fingerprint density at radius 3 is 2.16 bits per heavy atom. The first kappa shape index (κ1) is 15.7. The molecule has 2 heteroatoms. The molecular weight excluding hydrogens is 236 g/mol. The fourth-order valence-electron chi connectivity index (χ4n) is 2.24. The number of carbonyl (C=O) groups is 1. The lowest BCUT2D eigenvalue weighted by Crippen LogP contribution is -2.08. The van der Waals surface area contributed by atoms with Crippen molar-refractivity contribution < 1.29 is 9.53 Å². The van der Waals surface area contributed by atoms with E-state index >= 15 is 0 Å². The molecule has 1 rings (SSSR count). The van der Waals surface area contributed by atoms with Crippen LogP contribution in [0.2, 0.25) is 0 Å². The van der Waals surface area contributed by atoms with Crippen molar-refractivity contribution in [2.24, 2.45) is 11.8 Å². The van der Waals surface area contributed by atoms with Crippen LogP contribution in [0, 0.1) is 11.8 Å². The van der Waals surface area contributed by atoms with E-state index in [0.717, 1.165) is 12.8 Å². The van der Waals surface area contributed by atoms with Crippen molar-refractivity contribution in [3.63, 3.8) is 0 Å². The maximum atomic E-state index is 11.8. The molecule has 2 nitrogen and oxygen atoms in total. The highest BCUT2D eigenvalue weighted by molar-refractivity contribution is 5.89. The van der Waals surface area contributed by atoms with E-state index in [0.29, 0.717) is 24.0 Å². The van der Waals surface area contributed by atoms with Gasteiger partial charge in [0.2, 0.25) is 0 Å². The third kappa shape index (κ3) is 5.06. The summed E-state index contributed by atoms with van der Waals surface area (Å²) in [5.41, 5.74) is 3.32. The number of hydrogen-bond donors (Lipinski definition) is 0. The molecule has 0 aliphatic heterocycles. The molecule has 0 saturated carbocycles. The van der Waals surface area contributed by atoms with Crippen molar-refractivity contribution in [2.75, 3.05) is 6.61 Å². The second kappa shape index (κ2) is 7.32. The first-order valence-corrected chi connectivity index (χ1v) is 7.23. The molecule has 0 saturated heterocycles. The van der Waals surface area contributed by atoms with Gasteiger partial charge in [0.25, 0.3) is 0 Å². The highest BCUT2D eigenvalue weighted by Gasteiger charge is 2.12. The minimum Gasteiger partial charge on any atom is -0.462 e. The maximum absolute atomic E-state index is 11.8. The van der Waals surface area contributed by atoms with Gasteiger partial charge in [-0.15, -0.1) is 0 Å². The smallest absolute Gasteiger partial charge is 0.338 e. The van der Waals surface area contributed by atoms with Crippen molar-refractivity contribution in [1.82, 2.24) is 0 Å². The molecule has 0 bridgehead atoms. The number of esters is 1. The molecule has 0 spiro atoms. The van der Waals surface area contributed by atoms with E-state index in [9.17, 15) is 4.79 Å². The summed E-state index contributed by atoms with van der Waals surface area (Å²) in [7, 11) is 0. The van der Waals surface area contributed by atoms with Crippen molar-refractivity contribution in [1.29, 1.82) is 0 Å². The van der Waals surface area contributed by atoms with Crippen LogP contribution in [0.4, 0.5) is 0 Å². The van der Waals surface area contributed by atoms with Gasteiger partial charge in [-0.2, -0.15) is 0 Å². The van der Waals surface area contributed by atoms with Gasteiger partial charge in [0.1, 0.15) is 0 Å². The number of rotatable bonds is 6. The Morgan fingerprint density at radius 1 is 1.05 bits per heavy atom. The zero-order chi connectivity index (χ0) is 14.4. The molecule has 0 radical (unpaired) electrons.